The summed E-state index contributed by atoms with van der Waals surface area (Å²) in [7, 11) is 0. The van der Waals surface area contributed by atoms with Gasteiger partial charge in [-0.15, -0.1) is 0 Å². The third-order valence-corrected chi connectivity index (χ3v) is 12.8. The quantitative estimate of drug-likeness (QED) is 0.160. The monoisotopic (exact) mass is 883 g/mol. The largest absolute Gasteiger partial charge is 0.416 e. The van der Waals surface area contributed by atoms with Gasteiger partial charge in [-0.1, -0.05) is 146 Å². The van der Waals surface area contributed by atoms with Gasteiger partial charge in [0.25, 0.3) is 0 Å². The van der Waals surface area contributed by atoms with E-state index in [4.69, 9.17) is 9.97 Å². The maximum absolute atomic E-state index is 14.4. The number of hydrogen-bond acceptors (Lipinski definition) is 3. The van der Waals surface area contributed by atoms with Gasteiger partial charge in [-0.25, -0.2) is 9.97 Å². The van der Waals surface area contributed by atoms with Crippen molar-refractivity contribution >= 4 is 43.6 Å². The van der Waals surface area contributed by atoms with Gasteiger partial charge in [-0.2, -0.15) is 18.4 Å². The van der Waals surface area contributed by atoms with Gasteiger partial charge >= 0.3 is 6.18 Å². The van der Waals surface area contributed by atoms with Crippen molar-refractivity contribution in [2.24, 2.45) is 0 Å². The third-order valence-electron chi connectivity index (χ3n) is 12.8. The fraction of sp³-hybridized carbons (Fsp3) is 0.0167. The van der Waals surface area contributed by atoms with Crippen molar-refractivity contribution in [3.63, 3.8) is 0 Å². The van der Waals surface area contributed by atoms with Crippen LogP contribution in [0.15, 0.2) is 218 Å². The number of rotatable bonds is 7. The zero-order chi connectivity index (χ0) is 45.9. The average molecular weight is 884 g/mol. The number of fused-ring (bicyclic) bond motifs is 6. The number of nitrogens with zero attached hydrogens (tertiary/aromatic N) is 5. The Kier molecular flexibility index (Phi) is 9.59. The molecule has 5 nitrogen and oxygen atoms in total. The Morgan fingerprint density at radius 1 is 0.353 bits per heavy atom. The summed E-state index contributed by atoms with van der Waals surface area (Å²) >= 11 is 0. The molecular formula is C60H36F3N5. The van der Waals surface area contributed by atoms with Crippen molar-refractivity contribution in [2.75, 3.05) is 0 Å². The van der Waals surface area contributed by atoms with E-state index >= 15 is 0 Å². The minimum absolute atomic E-state index is 0.343. The maximum Gasteiger partial charge on any atom is 0.416 e. The molecule has 4 aromatic heterocycles. The van der Waals surface area contributed by atoms with Crippen LogP contribution in [0.3, 0.4) is 0 Å². The highest BCUT2D eigenvalue weighted by Gasteiger charge is 2.31. The molecule has 8 heteroatoms. The molecule has 4 heterocycles. The highest BCUT2D eigenvalue weighted by atomic mass is 19.4. The minimum atomic E-state index is -4.57. The van der Waals surface area contributed by atoms with E-state index in [2.05, 4.69) is 63.7 Å². The molecule has 0 saturated carbocycles. The zero-order valence-corrected chi connectivity index (χ0v) is 36.2. The Labute approximate surface area is 388 Å². The molecular weight excluding hydrogens is 848 g/mol. The Bertz CT molecular complexity index is 3750. The number of alkyl halides is 3. The second kappa shape index (κ2) is 16.1. The van der Waals surface area contributed by atoms with E-state index in [1.165, 1.54) is 12.1 Å². The van der Waals surface area contributed by atoms with E-state index in [-0.39, 0.29) is 0 Å². The summed E-state index contributed by atoms with van der Waals surface area (Å²) in [5.74, 6) is 0. The Balaban J connectivity index is 1.14. The van der Waals surface area contributed by atoms with E-state index in [1.807, 2.05) is 146 Å². The predicted octanol–water partition coefficient (Wildman–Crippen LogP) is 15.9. The van der Waals surface area contributed by atoms with Crippen LogP contribution in [0, 0.1) is 11.3 Å². The molecule has 0 amide bonds. The summed E-state index contributed by atoms with van der Waals surface area (Å²) in [6.07, 6.45) is -4.57. The molecule has 0 aliphatic rings. The highest BCUT2D eigenvalue weighted by molar-refractivity contribution is 6.12. The number of benzene rings is 8. The van der Waals surface area contributed by atoms with Crippen LogP contribution < -0.4 is 0 Å². The molecule has 0 aliphatic carbocycles. The highest BCUT2D eigenvalue weighted by Crippen LogP contribution is 2.43. The van der Waals surface area contributed by atoms with Crippen LogP contribution in [0.1, 0.15) is 11.1 Å². The molecule has 0 N–H and O–H groups in total. The van der Waals surface area contributed by atoms with Crippen molar-refractivity contribution in [3.05, 3.63) is 230 Å². The normalized spacial score (nSPS) is 11.7. The predicted molar refractivity (Wildman–Crippen MR) is 268 cm³/mol. The summed E-state index contributed by atoms with van der Waals surface area (Å²) in [6, 6.07) is 72.2. The fourth-order valence-corrected chi connectivity index (χ4v) is 9.63. The number of pyridine rings is 2. The number of aromatic nitrogens is 4. The van der Waals surface area contributed by atoms with Crippen molar-refractivity contribution in [1.82, 2.24) is 19.1 Å². The lowest BCUT2D eigenvalue weighted by molar-refractivity contribution is -0.137. The van der Waals surface area contributed by atoms with E-state index in [9.17, 15) is 18.4 Å². The van der Waals surface area contributed by atoms with E-state index in [0.717, 1.165) is 94.7 Å². The molecule has 0 unspecified atom stereocenters. The molecule has 8 aromatic carbocycles. The molecule has 0 bridgehead atoms. The van der Waals surface area contributed by atoms with Gasteiger partial charge in [0, 0.05) is 43.8 Å². The van der Waals surface area contributed by atoms with Crippen LogP contribution >= 0.6 is 0 Å². The molecule has 0 fully saturated rings. The van der Waals surface area contributed by atoms with Gasteiger partial charge < -0.3 is 9.13 Å². The topological polar surface area (TPSA) is 59.4 Å². The second-order valence-corrected chi connectivity index (χ2v) is 16.8. The Morgan fingerprint density at radius 2 is 0.765 bits per heavy atom. The molecule has 12 aromatic rings. The molecule has 0 saturated heterocycles. The van der Waals surface area contributed by atoms with Crippen molar-refractivity contribution in [1.29, 1.82) is 5.26 Å². The summed E-state index contributed by atoms with van der Waals surface area (Å²) in [4.78, 5) is 10.2. The maximum atomic E-state index is 14.4. The van der Waals surface area contributed by atoms with Crippen LogP contribution in [0.25, 0.3) is 111 Å². The molecule has 12 rings (SSSR count). The first-order valence-electron chi connectivity index (χ1n) is 22.2. The van der Waals surface area contributed by atoms with Crippen molar-refractivity contribution < 1.29 is 13.2 Å². The van der Waals surface area contributed by atoms with Gasteiger partial charge in [0.15, 0.2) is 0 Å². The number of halogens is 3. The van der Waals surface area contributed by atoms with Gasteiger partial charge in [-0.05, 0) is 83.9 Å². The van der Waals surface area contributed by atoms with Crippen LogP contribution in [0.5, 0.6) is 0 Å². The molecule has 322 valence electrons. The first kappa shape index (κ1) is 40.4. The van der Waals surface area contributed by atoms with Crippen LogP contribution in [-0.2, 0) is 6.18 Å². The zero-order valence-electron chi connectivity index (χ0n) is 36.2. The SMILES string of the molecule is N#Cc1c(-n2c3ccccc3c3ccc(-c4cccc(-c5ccccc5)n4)cc32)cc(-c2cccc(C(F)(F)F)c2)cc1-n1c2ccccc2c2ccc(-c3cccc(-c4ccccc4)n3)cc21. The summed E-state index contributed by atoms with van der Waals surface area (Å²) in [5.41, 5.74) is 11.7. The van der Waals surface area contributed by atoms with Crippen molar-refractivity contribution in [2.45, 2.75) is 6.18 Å². The van der Waals surface area contributed by atoms with Crippen molar-refractivity contribution in [3.8, 4) is 73.6 Å². The number of nitriles is 1. The van der Waals surface area contributed by atoms with Gasteiger partial charge in [0.05, 0.1) is 61.8 Å². The van der Waals surface area contributed by atoms with Crippen LogP contribution in [0.4, 0.5) is 13.2 Å². The molecule has 68 heavy (non-hydrogen) atoms. The fourth-order valence-electron chi connectivity index (χ4n) is 9.63. The van der Waals surface area contributed by atoms with E-state index in [1.54, 1.807) is 6.07 Å². The lowest BCUT2D eigenvalue weighted by Crippen LogP contribution is -2.06. The standard InChI is InChI=1S/C60H36F3N5/c61-60(62,63)44-19-11-18-40(32-44)43-35-58(67-54-26-9-7-20-45(54)47-30-28-41(33-56(47)67)52-24-12-22-50(65-52)38-14-3-1-4-15-38)49(37-64)59(36-43)68-55-27-10-8-21-46(55)48-31-29-42(34-57(48)68)53-25-13-23-51(66-53)39-16-5-2-6-17-39/h1-36H. The minimum Gasteiger partial charge on any atom is -0.308 e. The first-order chi connectivity index (χ1) is 33.3. The second-order valence-electron chi connectivity index (χ2n) is 16.8. The van der Waals surface area contributed by atoms with Crippen LogP contribution in [-0.4, -0.2) is 19.1 Å². The van der Waals surface area contributed by atoms with Gasteiger partial charge in [-0.3, -0.25) is 0 Å². The third kappa shape index (κ3) is 6.88. The molecule has 0 spiro atoms. The average Bonchev–Trinajstić information content (AvgIpc) is 3.90. The molecule has 0 aliphatic heterocycles. The Morgan fingerprint density at radius 3 is 1.24 bits per heavy atom. The van der Waals surface area contributed by atoms with Crippen LogP contribution in [0.2, 0.25) is 0 Å². The smallest absolute Gasteiger partial charge is 0.308 e. The first-order valence-corrected chi connectivity index (χ1v) is 22.2. The summed E-state index contributed by atoms with van der Waals surface area (Å²) in [6.45, 7) is 0. The summed E-state index contributed by atoms with van der Waals surface area (Å²) in [5, 5.41) is 15.4. The lowest BCUT2D eigenvalue weighted by Gasteiger charge is -2.19. The molecule has 0 atom stereocenters. The lowest BCUT2D eigenvalue weighted by atomic mass is 9.98. The molecule has 0 radical (unpaired) electrons. The van der Waals surface area contributed by atoms with E-state index < -0.39 is 11.7 Å². The number of hydrogen-bond donors (Lipinski definition) is 0. The van der Waals surface area contributed by atoms with E-state index in [0.29, 0.717) is 28.1 Å². The van der Waals surface area contributed by atoms with Gasteiger partial charge in [0.2, 0.25) is 0 Å². The number of para-hydroxylation sites is 2. The summed E-state index contributed by atoms with van der Waals surface area (Å²) < 4.78 is 47.5. The Hall–Kier alpha value is -9.06. The van der Waals surface area contributed by atoms with Gasteiger partial charge in [0.1, 0.15) is 11.6 Å².